The van der Waals surface area contributed by atoms with Crippen molar-refractivity contribution in [3.63, 3.8) is 0 Å². The van der Waals surface area contributed by atoms with Gasteiger partial charge in [-0.2, -0.15) is 5.10 Å². The first-order chi connectivity index (χ1) is 21.1. The highest BCUT2D eigenvalue weighted by Gasteiger charge is 2.13. The second-order valence-electron chi connectivity index (χ2n) is 10.1. The van der Waals surface area contributed by atoms with E-state index in [9.17, 15) is 0 Å². The number of hydrazone groups is 1. The summed E-state index contributed by atoms with van der Waals surface area (Å²) in [5.41, 5.74) is 9.65. The number of halogens is 1. The van der Waals surface area contributed by atoms with E-state index in [0.717, 1.165) is 50.8 Å². The van der Waals surface area contributed by atoms with Crippen molar-refractivity contribution in [2.45, 2.75) is 0 Å². The van der Waals surface area contributed by atoms with Crippen LogP contribution in [0.5, 0.6) is 0 Å². The summed E-state index contributed by atoms with van der Waals surface area (Å²) in [4.78, 5) is 2.27. The molecule has 0 aromatic heterocycles. The quantitative estimate of drug-likeness (QED) is 0.137. The zero-order valence-corrected chi connectivity index (χ0v) is 24.6. The summed E-state index contributed by atoms with van der Waals surface area (Å²) >= 11 is 6.00. The highest BCUT2D eigenvalue weighted by molar-refractivity contribution is 6.30. The average molecular weight is 579 g/mol. The highest BCUT2D eigenvalue weighted by Crippen LogP contribution is 2.37. The van der Waals surface area contributed by atoms with Crippen molar-refractivity contribution in [2.75, 3.05) is 22.3 Å². The molecule has 0 atom stereocenters. The molecule has 6 aromatic carbocycles. The fourth-order valence-corrected chi connectivity index (χ4v) is 5.05. The molecule has 0 unspecified atom stereocenters. The van der Waals surface area contributed by atoms with E-state index >= 15 is 0 Å². The van der Waals surface area contributed by atoms with Gasteiger partial charge in [0.25, 0.3) is 0 Å². The van der Waals surface area contributed by atoms with Gasteiger partial charge in [-0.1, -0.05) is 90.5 Å². The molecule has 1 N–H and O–H groups in total. The molecule has 0 fully saturated rings. The Hall–Kier alpha value is -5.32. The first-order valence-corrected chi connectivity index (χ1v) is 14.5. The third-order valence-electron chi connectivity index (χ3n) is 7.16. The standard InChI is InChI=1S/C38H31ClN4/c1-42(33-26-20-31(39)21-27-33)40-28-29-16-22-32(23-17-29)41-38-15-9-8-14-37(38)30-18-24-36(25-19-30)43(34-10-4-2-5-11-34)35-12-6-3-7-13-35/h2-28,41H,1H3/b40-28+. The van der Waals surface area contributed by atoms with Crippen molar-refractivity contribution in [3.05, 3.63) is 168 Å². The van der Waals surface area contributed by atoms with Crippen molar-refractivity contribution < 1.29 is 0 Å². The van der Waals surface area contributed by atoms with Crippen LogP contribution in [-0.4, -0.2) is 13.3 Å². The molecule has 0 amide bonds. The fraction of sp³-hybridized carbons (Fsp3) is 0.0263. The van der Waals surface area contributed by atoms with E-state index in [1.807, 2.05) is 54.7 Å². The molecule has 0 aliphatic rings. The molecule has 6 rings (SSSR count). The Labute approximate surface area is 258 Å². The van der Waals surface area contributed by atoms with Crippen molar-refractivity contribution in [1.82, 2.24) is 0 Å². The van der Waals surface area contributed by atoms with E-state index in [1.165, 1.54) is 0 Å². The van der Waals surface area contributed by atoms with Crippen molar-refractivity contribution in [2.24, 2.45) is 5.10 Å². The Bertz CT molecular complexity index is 1750. The minimum absolute atomic E-state index is 0.709. The number of hydrogen-bond donors (Lipinski definition) is 1. The van der Waals surface area contributed by atoms with E-state index in [4.69, 9.17) is 11.6 Å². The van der Waals surface area contributed by atoms with Gasteiger partial charge < -0.3 is 10.2 Å². The molecular formula is C38H31ClN4. The van der Waals surface area contributed by atoms with Crippen LogP contribution in [0, 0.1) is 0 Å². The molecular weight excluding hydrogens is 548 g/mol. The zero-order chi connectivity index (χ0) is 29.4. The third-order valence-corrected chi connectivity index (χ3v) is 7.41. The van der Waals surface area contributed by atoms with Crippen LogP contribution in [0.2, 0.25) is 5.02 Å². The lowest BCUT2D eigenvalue weighted by atomic mass is 10.0. The van der Waals surface area contributed by atoms with Gasteiger partial charge in [0.05, 0.1) is 11.9 Å². The summed E-state index contributed by atoms with van der Waals surface area (Å²) in [7, 11) is 1.92. The maximum atomic E-state index is 6.00. The van der Waals surface area contributed by atoms with Gasteiger partial charge in [0, 0.05) is 46.1 Å². The number of nitrogens with one attached hydrogen (secondary N) is 1. The number of hydrogen-bond acceptors (Lipinski definition) is 4. The minimum atomic E-state index is 0.709. The molecule has 0 spiro atoms. The van der Waals surface area contributed by atoms with Crippen LogP contribution in [0.3, 0.4) is 0 Å². The van der Waals surface area contributed by atoms with Crippen LogP contribution in [0.4, 0.5) is 34.1 Å². The summed E-state index contributed by atoms with van der Waals surface area (Å²) < 4.78 is 0. The molecule has 0 aliphatic carbocycles. The number of benzene rings is 6. The van der Waals surface area contributed by atoms with Crippen LogP contribution in [0.15, 0.2) is 163 Å². The van der Waals surface area contributed by atoms with Crippen molar-refractivity contribution in [1.29, 1.82) is 0 Å². The van der Waals surface area contributed by atoms with Gasteiger partial charge >= 0.3 is 0 Å². The minimum Gasteiger partial charge on any atom is -0.355 e. The summed E-state index contributed by atoms with van der Waals surface area (Å²) in [6.07, 6.45) is 1.85. The lowest BCUT2D eigenvalue weighted by Crippen LogP contribution is -2.09. The van der Waals surface area contributed by atoms with E-state index in [-0.39, 0.29) is 0 Å². The monoisotopic (exact) mass is 578 g/mol. The lowest BCUT2D eigenvalue weighted by Gasteiger charge is -2.25. The molecule has 0 aliphatic heterocycles. The van der Waals surface area contributed by atoms with Crippen LogP contribution in [0.1, 0.15) is 5.56 Å². The molecule has 43 heavy (non-hydrogen) atoms. The zero-order valence-electron chi connectivity index (χ0n) is 23.8. The molecule has 0 heterocycles. The molecule has 0 radical (unpaired) electrons. The maximum absolute atomic E-state index is 6.00. The number of para-hydroxylation sites is 3. The first kappa shape index (κ1) is 27.8. The fourth-order valence-electron chi connectivity index (χ4n) is 4.92. The van der Waals surface area contributed by atoms with Crippen LogP contribution in [0.25, 0.3) is 11.1 Å². The predicted octanol–water partition coefficient (Wildman–Crippen LogP) is 10.7. The molecule has 0 bridgehead atoms. The SMILES string of the molecule is CN(/N=C/c1ccc(Nc2ccccc2-c2ccc(N(c3ccccc3)c3ccccc3)cc2)cc1)c1ccc(Cl)cc1. The van der Waals surface area contributed by atoms with Crippen LogP contribution >= 0.6 is 11.6 Å². The Morgan fingerprint density at radius 3 is 1.72 bits per heavy atom. The van der Waals surface area contributed by atoms with E-state index in [1.54, 1.807) is 0 Å². The lowest BCUT2D eigenvalue weighted by molar-refractivity contribution is 1.02. The third kappa shape index (κ3) is 6.78. The molecule has 0 saturated carbocycles. The summed E-state index contributed by atoms with van der Waals surface area (Å²) in [6, 6.07) is 53.9. The molecule has 210 valence electrons. The van der Waals surface area contributed by atoms with Crippen LogP contribution in [-0.2, 0) is 0 Å². The molecule has 6 aromatic rings. The van der Waals surface area contributed by atoms with E-state index in [2.05, 4.69) is 137 Å². The van der Waals surface area contributed by atoms with E-state index in [0.29, 0.717) is 5.02 Å². The number of anilines is 6. The summed E-state index contributed by atoms with van der Waals surface area (Å²) in [5, 5.41) is 10.7. The topological polar surface area (TPSA) is 30.9 Å². The number of rotatable bonds is 9. The maximum Gasteiger partial charge on any atom is 0.0591 e. The number of nitrogens with zero attached hydrogens (tertiary/aromatic N) is 3. The summed E-state index contributed by atoms with van der Waals surface area (Å²) in [5.74, 6) is 0. The second-order valence-corrected chi connectivity index (χ2v) is 10.5. The predicted molar refractivity (Wildman–Crippen MR) is 184 cm³/mol. The van der Waals surface area contributed by atoms with Gasteiger partial charge in [-0.25, -0.2) is 0 Å². The largest absolute Gasteiger partial charge is 0.355 e. The van der Waals surface area contributed by atoms with E-state index < -0.39 is 0 Å². The highest BCUT2D eigenvalue weighted by atomic mass is 35.5. The van der Waals surface area contributed by atoms with Gasteiger partial charge in [0.1, 0.15) is 0 Å². The van der Waals surface area contributed by atoms with Gasteiger partial charge in [-0.15, -0.1) is 0 Å². The second kappa shape index (κ2) is 13.1. The van der Waals surface area contributed by atoms with Gasteiger partial charge in [0.2, 0.25) is 0 Å². The smallest absolute Gasteiger partial charge is 0.0591 e. The Kier molecular flexibility index (Phi) is 8.49. The molecule has 0 saturated heterocycles. The normalized spacial score (nSPS) is 10.9. The summed E-state index contributed by atoms with van der Waals surface area (Å²) in [6.45, 7) is 0. The molecule has 5 heteroatoms. The first-order valence-electron chi connectivity index (χ1n) is 14.1. The van der Waals surface area contributed by atoms with Crippen molar-refractivity contribution >= 4 is 51.9 Å². The average Bonchev–Trinajstić information content (AvgIpc) is 3.06. The van der Waals surface area contributed by atoms with Gasteiger partial charge in [-0.05, 0) is 90.0 Å². The Balaban J connectivity index is 1.19. The van der Waals surface area contributed by atoms with Gasteiger partial charge in [0.15, 0.2) is 0 Å². The Morgan fingerprint density at radius 2 is 1.09 bits per heavy atom. The van der Waals surface area contributed by atoms with Crippen molar-refractivity contribution in [3.8, 4) is 11.1 Å². The Morgan fingerprint density at radius 1 is 0.558 bits per heavy atom. The molecule has 4 nitrogen and oxygen atoms in total. The van der Waals surface area contributed by atoms with Gasteiger partial charge in [-0.3, -0.25) is 5.01 Å². The van der Waals surface area contributed by atoms with Crippen LogP contribution < -0.4 is 15.2 Å².